The van der Waals surface area contributed by atoms with Crippen molar-refractivity contribution in [3.63, 3.8) is 0 Å². The Labute approximate surface area is 107 Å². The molecule has 0 spiro atoms. The van der Waals surface area contributed by atoms with E-state index in [0.29, 0.717) is 5.75 Å². The number of phenols is 1. The maximum atomic E-state index is 9.23. The second kappa shape index (κ2) is 5.69. The first-order chi connectivity index (χ1) is 8.70. The molecule has 1 atom stereocenters. The number of rotatable bonds is 5. The molecule has 0 saturated carbocycles. The molecular weight excluding hydrogens is 226 g/mol. The van der Waals surface area contributed by atoms with Gasteiger partial charge in [-0.15, -0.1) is 0 Å². The number of hydrogen-bond donors (Lipinski definition) is 2. The summed E-state index contributed by atoms with van der Waals surface area (Å²) in [5, 5.41) is 9.23. The lowest BCUT2D eigenvalue weighted by molar-refractivity contribution is 0.475. The topological polar surface area (TPSA) is 64.1 Å². The first kappa shape index (κ1) is 12.6. The monoisotopic (exact) mass is 245 g/mol. The molecule has 1 aromatic heterocycles. The highest BCUT2D eigenvalue weighted by atomic mass is 16.3. The van der Waals surface area contributed by atoms with Crippen LogP contribution < -0.4 is 5.73 Å². The normalized spacial score (nSPS) is 12.6. The van der Waals surface area contributed by atoms with Crippen molar-refractivity contribution < 1.29 is 5.11 Å². The fourth-order valence-corrected chi connectivity index (χ4v) is 1.95. The average Bonchev–Trinajstić information content (AvgIpc) is 2.85. The van der Waals surface area contributed by atoms with Crippen molar-refractivity contribution in [2.75, 3.05) is 0 Å². The minimum absolute atomic E-state index is 0.0484. The van der Waals surface area contributed by atoms with Crippen LogP contribution in [0.1, 0.15) is 30.6 Å². The molecule has 18 heavy (non-hydrogen) atoms. The van der Waals surface area contributed by atoms with Gasteiger partial charge in [-0.3, -0.25) is 0 Å². The molecule has 0 radical (unpaired) electrons. The van der Waals surface area contributed by atoms with Gasteiger partial charge in [0.05, 0.1) is 12.0 Å². The average molecular weight is 245 g/mol. The van der Waals surface area contributed by atoms with E-state index in [1.807, 2.05) is 24.7 Å². The SMILES string of the molecule is CC[C@@H](N)c1cncn1CCc1ccc(O)cc1. The minimum atomic E-state index is 0.0484. The van der Waals surface area contributed by atoms with Crippen LogP contribution in [0.3, 0.4) is 0 Å². The van der Waals surface area contributed by atoms with Gasteiger partial charge in [-0.1, -0.05) is 19.1 Å². The van der Waals surface area contributed by atoms with Crippen molar-refractivity contribution in [3.05, 3.63) is 48.0 Å². The van der Waals surface area contributed by atoms with Crippen LogP contribution >= 0.6 is 0 Å². The molecular formula is C14H19N3O. The Hall–Kier alpha value is -1.81. The molecule has 1 heterocycles. The predicted molar refractivity (Wildman–Crippen MR) is 71.3 cm³/mol. The van der Waals surface area contributed by atoms with Gasteiger partial charge in [-0.2, -0.15) is 0 Å². The van der Waals surface area contributed by atoms with Crippen LogP contribution in [0.2, 0.25) is 0 Å². The van der Waals surface area contributed by atoms with Crippen LogP contribution in [0.4, 0.5) is 0 Å². The van der Waals surface area contributed by atoms with Gasteiger partial charge in [0.2, 0.25) is 0 Å². The molecule has 0 unspecified atom stereocenters. The molecule has 0 aliphatic heterocycles. The number of benzene rings is 1. The van der Waals surface area contributed by atoms with Crippen LogP contribution in [-0.4, -0.2) is 14.7 Å². The summed E-state index contributed by atoms with van der Waals surface area (Å²) in [4.78, 5) is 4.16. The van der Waals surface area contributed by atoms with Gasteiger partial charge in [-0.25, -0.2) is 4.98 Å². The Bertz CT molecular complexity index is 490. The van der Waals surface area contributed by atoms with Crippen LogP contribution in [0, 0.1) is 0 Å². The third-order valence-electron chi connectivity index (χ3n) is 3.14. The van der Waals surface area contributed by atoms with Gasteiger partial charge in [0.1, 0.15) is 5.75 Å². The molecule has 2 aromatic rings. The third-order valence-corrected chi connectivity index (χ3v) is 3.14. The van der Waals surface area contributed by atoms with E-state index in [1.54, 1.807) is 12.1 Å². The lowest BCUT2D eigenvalue weighted by Crippen LogP contribution is -2.15. The second-order valence-electron chi connectivity index (χ2n) is 4.44. The summed E-state index contributed by atoms with van der Waals surface area (Å²) < 4.78 is 2.10. The Morgan fingerprint density at radius 3 is 2.72 bits per heavy atom. The summed E-state index contributed by atoms with van der Waals surface area (Å²) in [6.07, 6.45) is 5.47. The van der Waals surface area contributed by atoms with E-state index in [0.717, 1.165) is 25.1 Å². The van der Waals surface area contributed by atoms with Gasteiger partial charge >= 0.3 is 0 Å². The summed E-state index contributed by atoms with van der Waals surface area (Å²) in [6.45, 7) is 2.93. The summed E-state index contributed by atoms with van der Waals surface area (Å²) in [5.74, 6) is 0.301. The van der Waals surface area contributed by atoms with Crippen molar-refractivity contribution in [2.24, 2.45) is 5.73 Å². The highest BCUT2D eigenvalue weighted by Gasteiger charge is 2.09. The maximum absolute atomic E-state index is 9.23. The van der Waals surface area contributed by atoms with Gasteiger partial charge in [0.25, 0.3) is 0 Å². The fraction of sp³-hybridized carbons (Fsp3) is 0.357. The Morgan fingerprint density at radius 2 is 2.06 bits per heavy atom. The molecule has 0 aliphatic carbocycles. The molecule has 96 valence electrons. The van der Waals surface area contributed by atoms with E-state index in [-0.39, 0.29) is 6.04 Å². The van der Waals surface area contributed by atoms with E-state index in [9.17, 15) is 5.11 Å². The largest absolute Gasteiger partial charge is 0.508 e. The Morgan fingerprint density at radius 1 is 1.33 bits per heavy atom. The second-order valence-corrected chi connectivity index (χ2v) is 4.44. The molecule has 4 nitrogen and oxygen atoms in total. The van der Waals surface area contributed by atoms with Crippen LogP contribution in [0.5, 0.6) is 5.75 Å². The van der Waals surface area contributed by atoms with Crippen molar-refractivity contribution in [1.82, 2.24) is 9.55 Å². The van der Waals surface area contributed by atoms with Crippen molar-refractivity contribution in [1.29, 1.82) is 0 Å². The number of aromatic hydroxyl groups is 1. The zero-order chi connectivity index (χ0) is 13.0. The molecule has 0 aliphatic rings. The number of phenolic OH excluding ortho intramolecular Hbond substituents is 1. The quantitative estimate of drug-likeness (QED) is 0.849. The first-order valence-corrected chi connectivity index (χ1v) is 6.24. The molecule has 1 aromatic carbocycles. The molecule has 4 heteroatoms. The zero-order valence-corrected chi connectivity index (χ0v) is 10.6. The van der Waals surface area contributed by atoms with Crippen LogP contribution in [0.25, 0.3) is 0 Å². The number of aromatic nitrogens is 2. The van der Waals surface area contributed by atoms with Crippen LogP contribution in [0.15, 0.2) is 36.8 Å². The summed E-state index contributed by atoms with van der Waals surface area (Å²) in [5.41, 5.74) is 8.31. The number of hydrogen-bond acceptors (Lipinski definition) is 3. The highest BCUT2D eigenvalue weighted by Crippen LogP contribution is 2.15. The molecule has 0 fully saturated rings. The lowest BCUT2D eigenvalue weighted by atomic mass is 10.1. The number of aryl methyl sites for hydroxylation is 2. The van der Waals surface area contributed by atoms with Gasteiger partial charge in [0.15, 0.2) is 0 Å². The van der Waals surface area contributed by atoms with E-state index >= 15 is 0 Å². The number of nitrogens with two attached hydrogens (primary N) is 1. The van der Waals surface area contributed by atoms with Crippen molar-refractivity contribution >= 4 is 0 Å². The molecule has 0 bridgehead atoms. The Kier molecular flexibility index (Phi) is 3.99. The summed E-state index contributed by atoms with van der Waals surface area (Å²) in [7, 11) is 0. The van der Waals surface area contributed by atoms with E-state index in [1.165, 1.54) is 5.56 Å². The lowest BCUT2D eigenvalue weighted by Gasteiger charge is -2.12. The van der Waals surface area contributed by atoms with Gasteiger partial charge in [0, 0.05) is 18.8 Å². The minimum Gasteiger partial charge on any atom is -0.508 e. The van der Waals surface area contributed by atoms with Gasteiger partial charge in [-0.05, 0) is 30.5 Å². The number of imidazole rings is 1. The molecule has 3 N–H and O–H groups in total. The van der Waals surface area contributed by atoms with E-state index < -0.39 is 0 Å². The summed E-state index contributed by atoms with van der Waals surface area (Å²) >= 11 is 0. The molecule has 0 amide bonds. The van der Waals surface area contributed by atoms with Gasteiger partial charge < -0.3 is 15.4 Å². The van der Waals surface area contributed by atoms with E-state index in [2.05, 4.69) is 16.5 Å². The maximum Gasteiger partial charge on any atom is 0.115 e. The fourth-order valence-electron chi connectivity index (χ4n) is 1.95. The third kappa shape index (κ3) is 2.90. The number of nitrogens with zero attached hydrogens (tertiary/aromatic N) is 2. The smallest absolute Gasteiger partial charge is 0.115 e. The highest BCUT2D eigenvalue weighted by molar-refractivity contribution is 5.25. The predicted octanol–water partition coefficient (Wildman–Crippen LogP) is 2.24. The molecule has 2 rings (SSSR count). The van der Waals surface area contributed by atoms with Crippen molar-refractivity contribution in [3.8, 4) is 5.75 Å². The first-order valence-electron chi connectivity index (χ1n) is 6.24. The van der Waals surface area contributed by atoms with Crippen molar-refractivity contribution in [2.45, 2.75) is 32.4 Å². The van der Waals surface area contributed by atoms with E-state index in [4.69, 9.17) is 5.73 Å². The Balaban J connectivity index is 2.02. The zero-order valence-electron chi connectivity index (χ0n) is 10.6. The molecule has 0 saturated heterocycles. The standard InChI is InChI=1S/C14H19N3O/c1-2-13(15)14-9-16-10-17(14)8-7-11-3-5-12(18)6-4-11/h3-6,9-10,13,18H,2,7-8,15H2,1H3/t13-/m1/s1. The summed E-state index contributed by atoms with van der Waals surface area (Å²) in [6, 6.07) is 7.34. The van der Waals surface area contributed by atoms with Crippen LogP contribution in [-0.2, 0) is 13.0 Å².